The molecule has 27 heavy (non-hydrogen) atoms. The summed E-state index contributed by atoms with van der Waals surface area (Å²) in [4.78, 5) is 16.9. The number of aromatic nitrogens is 4. The molecule has 0 radical (unpaired) electrons. The second-order valence-corrected chi connectivity index (χ2v) is 6.84. The molecule has 5 heterocycles. The Labute approximate surface area is 154 Å². The fourth-order valence-corrected chi connectivity index (χ4v) is 3.96. The summed E-state index contributed by atoms with van der Waals surface area (Å²) in [6, 6.07) is 8.33. The number of carbonyl (C=O) groups excluding carboxylic acids is 1. The molecule has 3 aromatic rings. The third-order valence-corrected chi connectivity index (χ3v) is 5.30. The average Bonchev–Trinajstić information content (AvgIpc) is 3.15. The maximum atomic E-state index is 13.9. The van der Waals surface area contributed by atoms with Crippen LogP contribution in [0, 0.1) is 5.82 Å². The summed E-state index contributed by atoms with van der Waals surface area (Å²) in [6.07, 6.45) is 2.52. The van der Waals surface area contributed by atoms with Gasteiger partial charge in [-0.15, -0.1) is 15.3 Å². The van der Waals surface area contributed by atoms with Crippen LogP contribution < -0.4 is 9.64 Å². The van der Waals surface area contributed by atoms with Gasteiger partial charge in [0.1, 0.15) is 12.1 Å². The highest BCUT2D eigenvalue weighted by atomic mass is 19.1. The summed E-state index contributed by atoms with van der Waals surface area (Å²) in [6.45, 7) is 1.39. The molecule has 0 N–H and O–H groups in total. The van der Waals surface area contributed by atoms with Gasteiger partial charge >= 0.3 is 0 Å². The number of fused-ring (bicyclic) bond motifs is 3. The van der Waals surface area contributed by atoms with Gasteiger partial charge in [0.05, 0.1) is 19.2 Å². The van der Waals surface area contributed by atoms with E-state index in [1.54, 1.807) is 16.9 Å². The van der Waals surface area contributed by atoms with E-state index in [9.17, 15) is 9.18 Å². The molecule has 1 aromatic carbocycles. The average molecular weight is 368 g/mol. The Morgan fingerprint density at radius 2 is 2.04 bits per heavy atom. The molecular weight excluding hydrogens is 351 g/mol. The number of halogens is 1. The number of methoxy groups -OCH3 is 1. The van der Waals surface area contributed by atoms with Crippen molar-refractivity contribution in [3.8, 4) is 5.75 Å². The number of anilines is 1. The van der Waals surface area contributed by atoms with E-state index in [-0.39, 0.29) is 23.7 Å². The van der Waals surface area contributed by atoms with Crippen molar-refractivity contribution >= 4 is 17.4 Å². The van der Waals surface area contributed by atoms with Gasteiger partial charge in [-0.1, -0.05) is 0 Å². The van der Waals surface area contributed by atoms with Crippen molar-refractivity contribution in [2.45, 2.75) is 18.5 Å². The first-order valence-electron chi connectivity index (χ1n) is 8.72. The molecule has 138 valence electrons. The van der Waals surface area contributed by atoms with Crippen LogP contribution >= 0.6 is 0 Å². The summed E-state index contributed by atoms with van der Waals surface area (Å²) in [5.74, 6) is 0.304. The van der Waals surface area contributed by atoms with E-state index in [4.69, 9.17) is 4.74 Å². The molecule has 3 saturated heterocycles. The zero-order chi connectivity index (χ0) is 18.5. The summed E-state index contributed by atoms with van der Waals surface area (Å²) < 4.78 is 20.5. The van der Waals surface area contributed by atoms with Gasteiger partial charge in [0.2, 0.25) is 0 Å². The van der Waals surface area contributed by atoms with Crippen molar-refractivity contribution in [1.29, 1.82) is 0 Å². The van der Waals surface area contributed by atoms with Crippen molar-refractivity contribution < 1.29 is 13.9 Å². The normalized spacial score (nSPS) is 21.3. The second kappa shape index (κ2) is 5.90. The van der Waals surface area contributed by atoms with Gasteiger partial charge in [0, 0.05) is 18.7 Å². The lowest BCUT2D eigenvalue weighted by Gasteiger charge is -2.56. The van der Waals surface area contributed by atoms with E-state index in [2.05, 4.69) is 20.2 Å². The van der Waals surface area contributed by atoms with Gasteiger partial charge in [0.25, 0.3) is 5.91 Å². The topological polar surface area (TPSA) is 75.9 Å². The highest BCUT2D eigenvalue weighted by Gasteiger charge is 2.47. The fraction of sp³-hybridized carbons (Fsp3) is 0.333. The third kappa shape index (κ3) is 2.49. The molecule has 0 saturated carbocycles. The Kier molecular flexibility index (Phi) is 3.49. The Morgan fingerprint density at radius 3 is 2.78 bits per heavy atom. The molecule has 0 spiro atoms. The highest BCUT2D eigenvalue weighted by Crippen LogP contribution is 2.35. The number of benzene rings is 1. The molecule has 8 nitrogen and oxygen atoms in total. The number of piperazine rings is 1. The van der Waals surface area contributed by atoms with Crippen LogP contribution in [-0.4, -0.2) is 62.9 Å². The highest BCUT2D eigenvalue weighted by molar-refractivity contribution is 5.95. The van der Waals surface area contributed by atoms with Crippen molar-refractivity contribution in [3.05, 3.63) is 48.0 Å². The molecule has 6 rings (SSSR count). The predicted molar refractivity (Wildman–Crippen MR) is 94.3 cm³/mol. The maximum absolute atomic E-state index is 13.9. The van der Waals surface area contributed by atoms with Crippen LogP contribution in [0.25, 0.3) is 5.65 Å². The van der Waals surface area contributed by atoms with Crippen LogP contribution in [0.2, 0.25) is 0 Å². The minimum Gasteiger partial charge on any atom is -0.494 e. The van der Waals surface area contributed by atoms with Crippen molar-refractivity contribution in [2.75, 3.05) is 25.1 Å². The molecule has 3 aliphatic rings. The predicted octanol–water partition coefficient (Wildman–Crippen LogP) is 1.38. The number of nitrogens with zero attached hydrogens (tertiary/aromatic N) is 6. The van der Waals surface area contributed by atoms with E-state index in [1.165, 1.54) is 19.2 Å². The first kappa shape index (κ1) is 16.0. The van der Waals surface area contributed by atoms with Gasteiger partial charge in [-0.25, -0.2) is 4.39 Å². The molecule has 9 heteroatoms. The Bertz CT molecular complexity index is 1030. The minimum atomic E-state index is -0.526. The lowest BCUT2D eigenvalue weighted by molar-refractivity contribution is 0.00568. The van der Waals surface area contributed by atoms with Crippen molar-refractivity contribution in [3.63, 3.8) is 0 Å². The van der Waals surface area contributed by atoms with E-state index in [0.29, 0.717) is 24.3 Å². The number of hydrogen-bond donors (Lipinski definition) is 0. The zero-order valence-corrected chi connectivity index (χ0v) is 14.6. The Morgan fingerprint density at radius 1 is 1.22 bits per heavy atom. The van der Waals surface area contributed by atoms with Crippen LogP contribution in [0.3, 0.4) is 0 Å². The Hall–Kier alpha value is -3.23. The molecule has 3 aliphatic heterocycles. The largest absolute Gasteiger partial charge is 0.494 e. The van der Waals surface area contributed by atoms with Gasteiger partial charge in [-0.3, -0.25) is 4.79 Å². The van der Waals surface area contributed by atoms with Crippen LogP contribution in [0.1, 0.15) is 16.8 Å². The summed E-state index contributed by atoms with van der Waals surface area (Å²) >= 11 is 0. The second-order valence-electron chi connectivity index (χ2n) is 6.84. The molecule has 2 atom stereocenters. The fourth-order valence-electron chi connectivity index (χ4n) is 3.96. The lowest BCUT2D eigenvalue weighted by Crippen LogP contribution is -2.70. The monoisotopic (exact) mass is 368 g/mol. The SMILES string of the molecule is COc1ccc(C(=O)N2C3CC2CN(c2ccc4nncn4n2)C3)cc1F. The molecule has 2 bridgehead atoms. The van der Waals surface area contributed by atoms with E-state index in [1.807, 2.05) is 17.0 Å². The van der Waals surface area contributed by atoms with Gasteiger partial charge in [0.15, 0.2) is 17.2 Å². The third-order valence-electron chi connectivity index (χ3n) is 5.30. The lowest BCUT2D eigenvalue weighted by atomic mass is 9.86. The minimum absolute atomic E-state index is 0.0971. The summed E-state index contributed by atoms with van der Waals surface area (Å²) in [7, 11) is 1.40. The van der Waals surface area contributed by atoms with E-state index in [0.717, 1.165) is 12.2 Å². The van der Waals surface area contributed by atoms with Crippen LogP contribution in [-0.2, 0) is 0 Å². The first-order valence-corrected chi connectivity index (χ1v) is 8.72. The number of amides is 1. The molecule has 0 aliphatic carbocycles. The number of hydrogen-bond acceptors (Lipinski definition) is 6. The Balaban J connectivity index is 1.33. The standard InChI is InChI=1S/C18H17FN6O2/c1-27-15-3-2-11(6-14(15)19)18(26)25-12-7-13(25)9-23(8-12)17-5-4-16-21-20-10-24(16)22-17/h2-6,10,12-13H,7-9H2,1H3. The number of ether oxygens (including phenoxy) is 1. The van der Waals surface area contributed by atoms with Gasteiger partial charge in [-0.2, -0.15) is 4.52 Å². The van der Waals surface area contributed by atoms with Gasteiger partial charge in [-0.05, 0) is 36.8 Å². The van der Waals surface area contributed by atoms with E-state index >= 15 is 0 Å². The number of rotatable bonds is 3. The van der Waals surface area contributed by atoms with Gasteiger partial charge < -0.3 is 14.5 Å². The molecule has 2 aromatic heterocycles. The summed E-state index contributed by atoms with van der Waals surface area (Å²) in [5.41, 5.74) is 1.04. The molecule has 3 fully saturated rings. The van der Waals surface area contributed by atoms with Crippen molar-refractivity contribution in [1.82, 2.24) is 24.7 Å². The number of carbonyl (C=O) groups is 1. The van der Waals surface area contributed by atoms with E-state index < -0.39 is 5.82 Å². The molecule has 1 amide bonds. The quantitative estimate of drug-likeness (QED) is 0.695. The maximum Gasteiger partial charge on any atom is 0.254 e. The number of piperidine rings is 1. The first-order chi connectivity index (χ1) is 13.1. The summed E-state index contributed by atoms with van der Waals surface area (Å²) in [5, 5.41) is 12.3. The zero-order valence-electron chi connectivity index (χ0n) is 14.6. The molecule has 2 unspecified atom stereocenters. The molecular formula is C18H17FN6O2. The van der Waals surface area contributed by atoms with Crippen molar-refractivity contribution in [2.24, 2.45) is 0 Å². The van der Waals surface area contributed by atoms with Crippen LogP contribution in [0.4, 0.5) is 10.2 Å². The van der Waals surface area contributed by atoms with Crippen LogP contribution in [0.5, 0.6) is 5.75 Å². The van der Waals surface area contributed by atoms with Crippen LogP contribution in [0.15, 0.2) is 36.7 Å². The smallest absolute Gasteiger partial charge is 0.254 e.